The number of nitrogens with zero attached hydrogens (tertiary/aromatic N) is 1. The molecule has 1 amide bonds. The summed E-state index contributed by atoms with van der Waals surface area (Å²) in [6.07, 6.45) is 0.190. The Morgan fingerprint density at radius 3 is 2.39 bits per heavy atom. The number of likely N-dealkylation sites (tertiary alicyclic amines) is 1. The standard InChI is InChI=1S/C13H23NO4/c1-5-17-9-11(15)6-10-7-14(8-10)12(16)18-13(2,3)4/h10H,5-9H2,1-4H3. The zero-order valence-electron chi connectivity index (χ0n) is 11.7. The Hall–Kier alpha value is -1.10. The zero-order valence-corrected chi connectivity index (χ0v) is 11.7. The summed E-state index contributed by atoms with van der Waals surface area (Å²) < 4.78 is 10.3. The second-order valence-corrected chi connectivity index (χ2v) is 5.63. The van der Waals surface area contributed by atoms with Gasteiger partial charge in [0.15, 0.2) is 5.78 Å². The highest BCUT2D eigenvalue weighted by molar-refractivity contribution is 5.80. The number of rotatable bonds is 5. The van der Waals surface area contributed by atoms with Crippen LogP contribution in [0.4, 0.5) is 4.79 Å². The van der Waals surface area contributed by atoms with Crippen molar-refractivity contribution >= 4 is 11.9 Å². The van der Waals surface area contributed by atoms with E-state index in [0.717, 1.165) is 0 Å². The third-order valence-corrected chi connectivity index (χ3v) is 2.59. The Labute approximate surface area is 108 Å². The smallest absolute Gasteiger partial charge is 0.410 e. The van der Waals surface area contributed by atoms with E-state index in [-0.39, 0.29) is 24.4 Å². The first-order chi connectivity index (χ1) is 8.31. The summed E-state index contributed by atoms with van der Waals surface area (Å²) in [6, 6.07) is 0. The van der Waals surface area contributed by atoms with Gasteiger partial charge in [-0.05, 0) is 27.7 Å². The minimum absolute atomic E-state index is 0.102. The van der Waals surface area contributed by atoms with Crippen LogP contribution in [0.25, 0.3) is 0 Å². The first kappa shape index (κ1) is 15.0. The van der Waals surface area contributed by atoms with Gasteiger partial charge >= 0.3 is 6.09 Å². The van der Waals surface area contributed by atoms with Gasteiger partial charge in [-0.1, -0.05) is 0 Å². The van der Waals surface area contributed by atoms with Gasteiger partial charge in [-0.15, -0.1) is 0 Å². The van der Waals surface area contributed by atoms with Gasteiger partial charge in [0, 0.05) is 32.0 Å². The predicted molar refractivity (Wildman–Crippen MR) is 67.4 cm³/mol. The highest BCUT2D eigenvalue weighted by Crippen LogP contribution is 2.22. The summed E-state index contributed by atoms with van der Waals surface area (Å²) in [5.74, 6) is 0.358. The maximum atomic E-state index is 11.6. The lowest BCUT2D eigenvalue weighted by molar-refractivity contribution is -0.125. The molecule has 0 bridgehead atoms. The van der Waals surface area contributed by atoms with E-state index in [4.69, 9.17) is 9.47 Å². The highest BCUT2D eigenvalue weighted by atomic mass is 16.6. The Bertz CT molecular complexity index is 303. The summed E-state index contributed by atoms with van der Waals surface area (Å²) in [5.41, 5.74) is -0.465. The Morgan fingerprint density at radius 2 is 1.89 bits per heavy atom. The molecule has 0 aromatic heterocycles. The van der Waals surface area contributed by atoms with E-state index in [2.05, 4.69) is 0 Å². The van der Waals surface area contributed by atoms with Crippen LogP contribution in [0.15, 0.2) is 0 Å². The quantitative estimate of drug-likeness (QED) is 0.754. The molecule has 0 saturated carbocycles. The molecular formula is C13H23NO4. The van der Waals surface area contributed by atoms with E-state index in [1.807, 2.05) is 27.7 Å². The van der Waals surface area contributed by atoms with Crippen molar-refractivity contribution in [1.82, 2.24) is 4.90 Å². The molecule has 0 radical (unpaired) electrons. The number of ketones is 1. The molecule has 0 aliphatic carbocycles. The van der Waals surface area contributed by atoms with Gasteiger partial charge in [0.05, 0.1) is 0 Å². The lowest BCUT2D eigenvalue weighted by Crippen LogP contribution is -2.52. The number of carbonyl (C=O) groups is 2. The normalized spacial score (nSPS) is 16.3. The summed E-state index contributed by atoms with van der Waals surface area (Å²) in [4.78, 5) is 24.7. The fraction of sp³-hybridized carbons (Fsp3) is 0.846. The maximum absolute atomic E-state index is 11.6. The van der Waals surface area contributed by atoms with Crippen molar-refractivity contribution in [2.75, 3.05) is 26.3 Å². The van der Waals surface area contributed by atoms with Crippen LogP contribution in [0.5, 0.6) is 0 Å². The fourth-order valence-electron chi connectivity index (χ4n) is 1.77. The molecule has 0 spiro atoms. The van der Waals surface area contributed by atoms with Crippen molar-refractivity contribution in [2.24, 2.45) is 5.92 Å². The molecule has 1 aliphatic rings. The lowest BCUT2D eigenvalue weighted by atomic mass is 9.95. The number of carbonyl (C=O) groups excluding carboxylic acids is 2. The predicted octanol–water partition coefficient (Wildman–Crippen LogP) is 1.85. The number of hydrogen-bond donors (Lipinski definition) is 0. The van der Waals surface area contributed by atoms with Crippen molar-refractivity contribution in [3.05, 3.63) is 0 Å². The summed E-state index contributed by atoms with van der Waals surface area (Å²) in [7, 11) is 0. The molecule has 0 aromatic carbocycles. The second-order valence-electron chi connectivity index (χ2n) is 5.63. The van der Waals surface area contributed by atoms with Crippen LogP contribution < -0.4 is 0 Å². The topological polar surface area (TPSA) is 55.8 Å². The third kappa shape index (κ3) is 5.04. The zero-order chi connectivity index (χ0) is 13.8. The van der Waals surface area contributed by atoms with E-state index < -0.39 is 5.60 Å². The van der Waals surface area contributed by atoms with Crippen LogP contribution in [0, 0.1) is 5.92 Å². The SMILES string of the molecule is CCOCC(=O)CC1CN(C(=O)OC(C)(C)C)C1. The van der Waals surface area contributed by atoms with Crippen molar-refractivity contribution in [3.63, 3.8) is 0 Å². The molecule has 1 heterocycles. The monoisotopic (exact) mass is 257 g/mol. The van der Waals surface area contributed by atoms with E-state index in [1.165, 1.54) is 0 Å². The first-order valence-electron chi connectivity index (χ1n) is 6.39. The average molecular weight is 257 g/mol. The minimum atomic E-state index is -0.465. The van der Waals surface area contributed by atoms with Crippen molar-refractivity contribution in [2.45, 2.75) is 39.7 Å². The Kier molecular flexibility index (Phi) is 5.14. The largest absolute Gasteiger partial charge is 0.444 e. The molecule has 104 valence electrons. The van der Waals surface area contributed by atoms with E-state index in [9.17, 15) is 9.59 Å². The van der Waals surface area contributed by atoms with Gasteiger partial charge in [0.1, 0.15) is 12.2 Å². The molecule has 0 N–H and O–H groups in total. The van der Waals surface area contributed by atoms with Crippen molar-refractivity contribution in [3.8, 4) is 0 Å². The molecule has 5 heteroatoms. The van der Waals surface area contributed by atoms with Gasteiger partial charge in [-0.25, -0.2) is 4.79 Å². The molecule has 1 rings (SSSR count). The van der Waals surface area contributed by atoms with Gasteiger partial charge in [0.2, 0.25) is 0 Å². The van der Waals surface area contributed by atoms with Crippen molar-refractivity contribution in [1.29, 1.82) is 0 Å². The van der Waals surface area contributed by atoms with Crippen LogP contribution in [0.1, 0.15) is 34.1 Å². The first-order valence-corrected chi connectivity index (χ1v) is 6.39. The molecule has 1 saturated heterocycles. The average Bonchev–Trinajstić information content (AvgIpc) is 2.16. The second kappa shape index (κ2) is 6.18. The highest BCUT2D eigenvalue weighted by Gasteiger charge is 2.34. The summed E-state index contributed by atoms with van der Waals surface area (Å²) in [6.45, 7) is 9.33. The van der Waals surface area contributed by atoms with Crippen LogP contribution in [0.3, 0.4) is 0 Å². The molecule has 5 nitrogen and oxygen atoms in total. The van der Waals surface area contributed by atoms with Crippen LogP contribution in [-0.4, -0.2) is 48.7 Å². The molecule has 18 heavy (non-hydrogen) atoms. The number of amides is 1. The molecule has 0 aromatic rings. The Morgan fingerprint density at radius 1 is 1.28 bits per heavy atom. The van der Waals surface area contributed by atoms with Crippen LogP contribution >= 0.6 is 0 Å². The van der Waals surface area contributed by atoms with E-state index in [0.29, 0.717) is 26.1 Å². The minimum Gasteiger partial charge on any atom is -0.444 e. The molecule has 0 atom stereocenters. The van der Waals surface area contributed by atoms with Gasteiger partial charge in [0.25, 0.3) is 0 Å². The van der Waals surface area contributed by atoms with Gasteiger partial charge in [-0.3, -0.25) is 4.79 Å². The number of Topliss-reactive ketones (excluding diaryl/α,β-unsaturated/α-hetero) is 1. The number of hydrogen-bond acceptors (Lipinski definition) is 4. The van der Waals surface area contributed by atoms with Crippen LogP contribution in [-0.2, 0) is 14.3 Å². The maximum Gasteiger partial charge on any atom is 0.410 e. The molecule has 1 aliphatic heterocycles. The summed E-state index contributed by atoms with van der Waals surface area (Å²) >= 11 is 0. The van der Waals surface area contributed by atoms with E-state index >= 15 is 0 Å². The fourth-order valence-corrected chi connectivity index (χ4v) is 1.77. The van der Waals surface area contributed by atoms with E-state index in [1.54, 1.807) is 4.90 Å². The lowest BCUT2D eigenvalue weighted by Gasteiger charge is -2.39. The van der Waals surface area contributed by atoms with Gasteiger partial charge < -0.3 is 14.4 Å². The molecular weight excluding hydrogens is 234 g/mol. The summed E-state index contributed by atoms with van der Waals surface area (Å²) in [5, 5.41) is 0. The number of ether oxygens (including phenoxy) is 2. The molecule has 1 fully saturated rings. The third-order valence-electron chi connectivity index (χ3n) is 2.59. The van der Waals surface area contributed by atoms with Crippen molar-refractivity contribution < 1.29 is 19.1 Å². The van der Waals surface area contributed by atoms with Crippen LogP contribution in [0.2, 0.25) is 0 Å². The Balaban J connectivity index is 2.19. The molecule has 0 unspecified atom stereocenters. The van der Waals surface area contributed by atoms with Gasteiger partial charge in [-0.2, -0.15) is 0 Å².